The van der Waals surface area contributed by atoms with Gasteiger partial charge in [0.15, 0.2) is 0 Å². The van der Waals surface area contributed by atoms with Gasteiger partial charge in [0.1, 0.15) is 17.7 Å². The molecule has 5 nitrogen and oxygen atoms in total. The molecule has 0 atom stereocenters. The largest absolute Gasteiger partial charge is 0.358 e. The number of nitriles is 2. The van der Waals surface area contributed by atoms with Crippen molar-refractivity contribution >= 4 is 28.9 Å². The average molecular weight is 261 g/mol. The van der Waals surface area contributed by atoms with Crippen LogP contribution in [0.25, 0.3) is 0 Å². The standard InChI is InChI=1S/C12H9ClN4O/c1-8(18)17-11-3-2-10(13)4-12(11)16-7-9(5-14)6-15/h2-4,7,16H,1H3,(H,17,18). The van der Waals surface area contributed by atoms with Gasteiger partial charge in [0.25, 0.3) is 0 Å². The minimum absolute atomic E-state index is 0.0799. The van der Waals surface area contributed by atoms with E-state index < -0.39 is 0 Å². The summed E-state index contributed by atoms with van der Waals surface area (Å²) in [5, 5.41) is 23.0. The molecule has 0 radical (unpaired) electrons. The Labute approximate surface area is 109 Å². The number of halogens is 1. The second-order valence-corrected chi connectivity index (χ2v) is 3.73. The van der Waals surface area contributed by atoms with Gasteiger partial charge in [-0.1, -0.05) is 11.6 Å². The number of allylic oxidation sites excluding steroid dienone is 1. The Hall–Kier alpha value is -2.50. The van der Waals surface area contributed by atoms with E-state index in [0.717, 1.165) is 0 Å². The van der Waals surface area contributed by atoms with E-state index in [1.807, 2.05) is 0 Å². The van der Waals surface area contributed by atoms with E-state index in [1.54, 1.807) is 30.3 Å². The number of anilines is 2. The Morgan fingerprint density at radius 3 is 2.56 bits per heavy atom. The molecule has 0 spiro atoms. The lowest BCUT2D eigenvalue weighted by molar-refractivity contribution is -0.114. The highest BCUT2D eigenvalue weighted by atomic mass is 35.5. The van der Waals surface area contributed by atoms with Crippen molar-refractivity contribution in [2.45, 2.75) is 6.92 Å². The molecule has 1 aromatic rings. The minimum atomic E-state index is -0.231. The van der Waals surface area contributed by atoms with Crippen molar-refractivity contribution in [2.24, 2.45) is 0 Å². The third-order valence-corrected chi connectivity index (χ3v) is 2.14. The molecule has 18 heavy (non-hydrogen) atoms. The predicted octanol–water partition coefficient (Wildman–Crippen LogP) is 2.64. The molecule has 0 unspecified atom stereocenters. The number of nitrogens with zero attached hydrogens (tertiary/aromatic N) is 2. The topological polar surface area (TPSA) is 88.7 Å². The fourth-order valence-corrected chi connectivity index (χ4v) is 1.35. The molecule has 0 saturated carbocycles. The monoisotopic (exact) mass is 260 g/mol. The number of hydrogen-bond donors (Lipinski definition) is 2. The maximum Gasteiger partial charge on any atom is 0.221 e. The molecule has 0 fully saturated rings. The molecule has 0 aliphatic rings. The van der Waals surface area contributed by atoms with Crippen molar-refractivity contribution in [3.63, 3.8) is 0 Å². The molecule has 0 aliphatic carbocycles. The fourth-order valence-electron chi connectivity index (χ4n) is 1.17. The second kappa shape index (κ2) is 6.29. The van der Waals surface area contributed by atoms with Gasteiger partial charge >= 0.3 is 0 Å². The van der Waals surface area contributed by atoms with Crippen LogP contribution in [0.1, 0.15) is 6.92 Å². The van der Waals surface area contributed by atoms with E-state index in [9.17, 15) is 4.79 Å². The third-order valence-electron chi connectivity index (χ3n) is 1.91. The van der Waals surface area contributed by atoms with Crippen molar-refractivity contribution in [3.05, 3.63) is 35.0 Å². The Morgan fingerprint density at radius 1 is 1.33 bits per heavy atom. The summed E-state index contributed by atoms with van der Waals surface area (Å²) >= 11 is 5.83. The molecule has 0 aliphatic heterocycles. The molecule has 0 heterocycles. The quantitative estimate of drug-likeness (QED) is 0.818. The molecule has 0 aromatic heterocycles. The van der Waals surface area contributed by atoms with Crippen LogP contribution in [0.4, 0.5) is 11.4 Å². The van der Waals surface area contributed by atoms with E-state index >= 15 is 0 Å². The van der Waals surface area contributed by atoms with Crippen molar-refractivity contribution in [3.8, 4) is 12.1 Å². The Balaban J connectivity index is 3.04. The lowest BCUT2D eigenvalue weighted by atomic mass is 10.2. The van der Waals surface area contributed by atoms with Gasteiger partial charge in [-0.25, -0.2) is 0 Å². The minimum Gasteiger partial charge on any atom is -0.358 e. The number of hydrogen-bond acceptors (Lipinski definition) is 4. The predicted molar refractivity (Wildman–Crippen MR) is 68.7 cm³/mol. The molecule has 1 amide bonds. The van der Waals surface area contributed by atoms with Gasteiger partial charge in [-0.2, -0.15) is 10.5 Å². The molecule has 2 N–H and O–H groups in total. The van der Waals surface area contributed by atoms with Crippen LogP contribution in [-0.2, 0) is 4.79 Å². The summed E-state index contributed by atoms with van der Waals surface area (Å²) in [5.74, 6) is -0.231. The van der Waals surface area contributed by atoms with Crippen LogP contribution in [0.15, 0.2) is 30.0 Å². The lowest BCUT2D eigenvalue weighted by Gasteiger charge is -2.10. The van der Waals surface area contributed by atoms with E-state index in [2.05, 4.69) is 10.6 Å². The Bertz CT molecular complexity index is 565. The summed E-state index contributed by atoms with van der Waals surface area (Å²) in [6, 6.07) is 8.25. The van der Waals surface area contributed by atoms with Gasteiger partial charge in [0.05, 0.1) is 11.4 Å². The summed E-state index contributed by atoms with van der Waals surface area (Å²) in [6.07, 6.45) is 1.25. The van der Waals surface area contributed by atoms with Gasteiger partial charge in [-0.15, -0.1) is 0 Å². The number of carbonyl (C=O) groups is 1. The molecule has 0 saturated heterocycles. The van der Waals surface area contributed by atoms with Gasteiger partial charge < -0.3 is 10.6 Å². The van der Waals surface area contributed by atoms with Crippen molar-refractivity contribution in [1.29, 1.82) is 10.5 Å². The van der Waals surface area contributed by atoms with Crippen LogP contribution in [0.3, 0.4) is 0 Å². The van der Waals surface area contributed by atoms with Crippen LogP contribution >= 0.6 is 11.6 Å². The zero-order valence-electron chi connectivity index (χ0n) is 9.49. The number of rotatable bonds is 3. The summed E-state index contributed by atoms with van der Waals surface area (Å²) in [7, 11) is 0. The van der Waals surface area contributed by atoms with Crippen LogP contribution in [0, 0.1) is 22.7 Å². The summed E-state index contributed by atoms with van der Waals surface area (Å²) in [4.78, 5) is 11.0. The first kappa shape index (κ1) is 13.6. The molecule has 6 heteroatoms. The van der Waals surface area contributed by atoms with Gasteiger partial charge in [-0.3, -0.25) is 4.79 Å². The first-order chi connectivity index (χ1) is 8.56. The van der Waals surface area contributed by atoms with Crippen LogP contribution in [0.5, 0.6) is 0 Å². The fraction of sp³-hybridized carbons (Fsp3) is 0.0833. The highest BCUT2D eigenvalue weighted by molar-refractivity contribution is 6.31. The van der Waals surface area contributed by atoms with Gasteiger partial charge in [-0.05, 0) is 18.2 Å². The zero-order chi connectivity index (χ0) is 13.5. The maximum atomic E-state index is 11.0. The lowest BCUT2D eigenvalue weighted by Crippen LogP contribution is -2.07. The van der Waals surface area contributed by atoms with E-state index in [0.29, 0.717) is 16.4 Å². The Kier molecular flexibility index (Phi) is 4.74. The van der Waals surface area contributed by atoms with E-state index in [4.69, 9.17) is 22.1 Å². The van der Waals surface area contributed by atoms with Gasteiger partial charge in [0, 0.05) is 18.1 Å². The molecule has 90 valence electrons. The van der Waals surface area contributed by atoms with Crippen LogP contribution in [0.2, 0.25) is 5.02 Å². The van der Waals surface area contributed by atoms with Crippen molar-refractivity contribution in [2.75, 3.05) is 10.6 Å². The SMILES string of the molecule is CC(=O)Nc1ccc(Cl)cc1NC=C(C#N)C#N. The normalized spacial score (nSPS) is 8.67. The van der Waals surface area contributed by atoms with E-state index in [1.165, 1.54) is 13.1 Å². The number of amides is 1. The maximum absolute atomic E-state index is 11.0. The number of carbonyl (C=O) groups excluding carboxylic acids is 1. The molecular weight excluding hydrogens is 252 g/mol. The zero-order valence-corrected chi connectivity index (χ0v) is 10.2. The summed E-state index contributed by atoms with van der Waals surface area (Å²) in [6.45, 7) is 1.38. The second-order valence-electron chi connectivity index (χ2n) is 3.30. The van der Waals surface area contributed by atoms with Gasteiger partial charge in [0.2, 0.25) is 5.91 Å². The molecule has 1 aromatic carbocycles. The number of benzene rings is 1. The van der Waals surface area contributed by atoms with Crippen molar-refractivity contribution in [1.82, 2.24) is 0 Å². The third kappa shape index (κ3) is 3.82. The smallest absolute Gasteiger partial charge is 0.221 e. The van der Waals surface area contributed by atoms with E-state index in [-0.39, 0.29) is 11.5 Å². The van der Waals surface area contributed by atoms with Crippen LogP contribution in [-0.4, -0.2) is 5.91 Å². The van der Waals surface area contributed by atoms with Crippen LogP contribution < -0.4 is 10.6 Å². The Morgan fingerprint density at radius 2 is 2.00 bits per heavy atom. The molecular formula is C12H9ClN4O. The highest BCUT2D eigenvalue weighted by Crippen LogP contribution is 2.25. The number of nitrogens with one attached hydrogen (secondary N) is 2. The van der Waals surface area contributed by atoms with Crippen molar-refractivity contribution < 1.29 is 4.79 Å². The summed E-state index contributed by atoms with van der Waals surface area (Å²) < 4.78 is 0. The first-order valence-corrected chi connectivity index (χ1v) is 5.28. The molecule has 0 bridgehead atoms. The first-order valence-electron chi connectivity index (χ1n) is 4.91. The average Bonchev–Trinajstić information content (AvgIpc) is 2.33. The molecule has 1 rings (SSSR count). The highest BCUT2D eigenvalue weighted by Gasteiger charge is 2.04. The summed E-state index contributed by atoms with van der Waals surface area (Å²) in [5.41, 5.74) is 0.933.